The van der Waals surface area contributed by atoms with Crippen molar-refractivity contribution in [1.29, 1.82) is 0 Å². The van der Waals surface area contributed by atoms with Crippen molar-refractivity contribution >= 4 is 65.6 Å². The summed E-state index contributed by atoms with van der Waals surface area (Å²) < 4.78 is 10.8. The fourth-order valence-electron chi connectivity index (χ4n) is 9.06. The van der Waals surface area contributed by atoms with Gasteiger partial charge in [-0.15, -0.1) is 0 Å². The van der Waals surface area contributed by atoms with Crippen LogP contribution in [0.1, 0.15) is 25.0 Å². The van der Waals surface area contributed by atoms with E-state index in [0.717, 1.165) is 65.7 Å². The van der Waals surface area contributed by atoms with Crippen molar-refractivity contribution in [3.05, 3.63) is 163 Å². The molecule has 0 saturated carbocycles. The van der Waals surface area contributed by atoms with Gasteiger partial charge in [0, 0.05) is 43.3 Å². The molecule has 4 aromatic heterocycles. The summed E-state index contributed by atoms with van der Waals surface area (Å²) in [5, 5.41) is 6.77. The Morgan fingerprint density at radius 3 is 1.69 bits per heavy atom. The maximum atomic E-state index is 6.36. The molecule has 0 radical (unpaired) electrons. The molecule has 7 aromatic carbocycles. The van der Waals surface area contributed by atoms with Gasteiger partial charge in [0.25, 0.3) is 0 Å². The van der Waals surface area contributed by atoms with Crippen molar-refractivity contribution in [2.75, 3.05) is 0 Å². The van der Waals surface area contributed by atoms with Crippen molar-refractivity contribution < 1.29 is 4.42 Å². The molecule has 0 unspecified atom stereocenters. The second-order valence-corrected chi connectivity index (χ2v) is 14.9. The number of hydrogen-bond donors (Lipinski definition) is 0. The molecule has 12 rings (SSSR count). The first-order chi connectivity index (χ1) is 26.5. The van der Waals surface area contributed by atoms with Crippen molar-refractivity contribution in [2.24, 2.45) is 0 Å². The van der Waals surface area contributed by atoms with E-state index in [1.165, 1.54) is 27.6 Å². The van der Waals surface area contributed by atoms with Crippen LogP contribution in [0.3, 0.4) is 0 Å². The molecule has 54 heavy (non-hydrogen) atoms. The monoisotopic (exact) mass is 693 g/mol. The highest BCUT2D eigenvalue weighted by molar-refractivity contribution is 6.12. The summed E-state index contributed by atoms with van der Waals surface area (Å²) in [6.07, 6.45) is 0. The van der Waals surface area contributed by atoms with Gasteiger partial charge in [-0.3, -0.25) is 9.13 Å². The molecular weight excluding hydrogens is 663 g/mol. The zero-order chi connectivity index (χ0) is 35.7. The van der Waals surface area contributed by atoms with E-state index in [0.29, 0.717) is 17.7 Å². The third-order valence-corrected chi connectivity index (χ3v) is 11.6. The Kier molecular flexibility index (Phi) is 5.75. The molecule has 6 heteroatoms. The largest absolute Gasteiger partial charge is 0.456 e. The van der Waals surface area contributed by atoms with Gasteiger partial charge in [-0.1, -0.05) is 117 Å². The first kappa shape index (κ1) is 29.5. The van der Waals surface area contributed by atoms with E-state index in [-0.39, 0.29) is 5.41 Å². The molecule has 0 aliphatic heterocycles. The van der Waals surface area contributed by atoms with Crippen molar-refractivity contribution in [2.45, 2.75) is 19.3 Å². The lowest BCUT2D eigenvalue weighted by molar-refractivity contribution is 0.661. The number of furan rings is 1. The Hall–Kier alpha value is -7.05. The minimum atomic E-state index is -0.165. The summed E-state index contributed by atoms with van der Waals surface area (Å²) in [5.74, 6) is 1.68. The Morgan fingerprint density at radius 1 is 0.426 bits per heavy atom. The molecule has 254 valence electrons. The fourth-order valence-corrected chi connectivity index (χ4v) is 9.06. The molecular formula is C48H31N5O. The van der Waals surface area contributed by atoms with Gasteiger partial charge in [-0.2, -0.15) is 15.0 Å². The van der Waals surface area contributed by atoms with E-state index in [1.807, 2.05) is 18.2 Å². The van der Waals surface area contributed by atoms with Crippen LogP contribution in [-0.2, 0) is 5.41 Å². The maximum absolute atomic E-state index is 6.36. The van der Waals surface area contributed by atoms with E-state index >= 15 is 0 Å². The SMILES string of the molecule is CC1(C)c2ccccc2-c2cc3c4ccccc4n(-c4nc(-c5ccc6c(c5)oc5ccccc56)nc(-n5c6ccccc6c6ccccc65)n4)c3cc21. The summed E-state index contributed by atoms with van der Waals surface area (Å²) in [5.41, 5.74) is 11.7. The standard InChI is InChI=1S/C48H31N5O/c1-48(2)37-18-8-3-13-29(37)35-26-36-32-16-6-11-21-41(32)53(42(36)27-38(35)48)47-50-45(28-23-24-34-33-17-7-12-22-43(33)54-44(34)25-28)49-46(51-47)52-39-19-9-4-14-30(39)31-15-5-10-20-40(31)52/h3-27H,1-2H3. The van der Waals surface area contributed by atoms with Gasteiger partial charge in [0.05, 0.1) is 22.1 Å². The summed E-state index contributed by atoms with van der Waals surface area (Å²) in [7, 11) is 0. The van der Waals surface area contributed by atoms with Gasteiger partial charge in [0.15, 0.2) is 5.82 Å². The van der Waals surface area contributed by atoms with Crippen LogP contribution in [0.15, 0.2) is 156 Å². The molecule has 6 nitrogen and oxygen atoms in total. The fraction of sp³-hybridized carbons (Fsp3) is 0.0625. The topological polar surface area (TPSA) is 61.7 Å². The average molecular weight is 694 g/mol. The van der Waals surface area contributed by atoms with Crippen LogP contribution in [-0.4, -0.2) is 24.1 Å². The number of para-hydroxylation sites is 4. The highest BCUT2D eigenvalue weighted by atomic mass is 16.3. The third kappa shape index (κ3) is 3.91. The molecule has 11 aromatic rings. The summed E-state index contributed by atoms with van der Waals surface area (Å²) in [6, 6.07) is 53.5. The molecule has 4 heterocycles. The minimum absolute atomic E-state index is 0.165. The Labute approximate surface area is 309 Å². The zero-order valence-electron chi connectivity index (χ0n) is 29.6. The smallest absolute Gasteiger partial charge is 0.240 e. The van der Waals surface area contributed by atoms with E-state index in [4.69, 9.17) is 19.4 Å². The zero-order valence-corrected chi connectivity index (χ0v) is 29.6. The second-order valence-electron chi connectivity index (χ2n) is 14.9. The third-order valence-electron chi connectivity index (χ3n) is 11.6. The molecule has 0 saturated heterocycles. The maximum Gasteiger partial charge on any atom is 0.240 e. The molecule has 0 bridgehead atoms. The molecule has 0 fully saturated rings. The Balaban J connectivity index is 1.18. The van der Waals surface area contributed by atoms with E-state index in [1.54, 1.807) is 0 Å². The highest BCUT2D eigenvalue weighted by Gasteiger charge is 2.36. The van der Waals surface area contributed by atoms with Crippen LogP contribution < -0.4 is 0 Å². The van der Waals surface area contributed by atoms with Gasteiger partial charge >= 0.3 is 0 Å². The van der Waals surface area contributed by atoms with Crippen LogP contribution in [0.2, 0.25) is 0 Å². The molecule has 0 spiro atoms. The number of fused-ring (bicyclic) bond motifs is 12. The summed E-state index contributed by atoms with van der Waals surface area (Å²) >= 11 is 0. The summed E-state index contributed by atoms with van der Waals surface area (Å²) in [4.78, 5) is 16.0. The van der Waals surface area contributed by atoms with Crippen LogP contribution in [0, 0.1) is 0 Å². The van der Waals surface area contributed by atoms with E-state index in [9.17, 15) is 0 Å². The van der Waals surface area contributed by atoms with Crippen molar-refractivity contribution in [3.8, 4) is 34.4 Å². The first-order valence-corrected chi connectivity index (χ1v) is 18.4. The normalized spacial score (nSPS) is 13.5. The number of rotatable bonds is 3. The van der Waals surface area contributed by atoms with Crippen molar-refractivity contribution in [1.82, 2.24) is 24.1 Å². The van der Waals surface area contributed by atoms with Crippen LogP contribution in [0.5, 0.6) is 0 Å². The van der Waals surface area contributed by atoms with Crippen LogP contribution in [0.4, 0.5) is 0 Å². The first-order valence-electron chi connectivity index (χ1n) is 18.4. The number of nitrogens with zero attached hydrogens (tertiary/aromatic N) is 5. The summed E-state index contributed by atoms with van der Waals surface area (Å²) in [6.45, 7) is 4.65. The van der Waals surface area contributed by atoms with E-state index < -0.39 is 0 Å². The molecule has 1 aliphatic rings. The average Bonchev–Trinajstić information content (AvgIpc) is 3.92. The molecule has 0 N–H and O–H groups in total. The second kappa shape index (κ2) is 10.5. The van der Waals surface area contributed by atoms with Gasteiger partial charge in [0.2, 0.25) is 11.9 Å². The van der Waals surface area contributed by atoms with Crippen molar-refractivity contribution in [3.63, 3.8) is 0 Å². The Bertz CT molecular complexity index is 3330. The molecule has 1 aliphatic carbocycles. The number of aromatic nitrogens is 5. The number of hydrogen-bond acceptors (Lipinski definition) is 4. The lowest BCUT2D eigenvalue weighted by atomic mass is 9.82. The van der Waals surface area contributed by atoms with Gasteiger partial charge in [-0.05, 0) is 70.8 Å². The minimum Gasteiger partial charge on any atom is -0.456 e. The Morgan fingerprint density at radius 2 is 0.981 bits per heavy atom. The lowest BCUT2D eigenvalue weighted by Gasteiger charge is -2.21. The van der Waals surface area contributed by atoms with Gasteiger partial charge in [0.1, 0.15) is 11.2 Å². The van der Waals surface area contributed by atoms with Crippen LogP contribution >= 0.6 is 0 Å². The van der Waals surface area contributed by atoms with Gasteiger partial charge in [-0.25, -0.2) is 0 Å². The van der Waals surface area contributed by atoms with Gasteiger partial charge < -0.3 is 4.42 Å². The van der Waals surface area contributed by atoms with Crippen LogP contribution in [0.25, 0.3) is 100.0 Å². The lowest BCUT2D eigenvalue weighted by Crippen LogP contribution is -2.15. The number of benzene rings is 7. The quantitative estimate of drug-likeness (QED) is 0.185. The molecule has 0 amide bonds. The van der Waals surface area contributed by atoms with E-state index in [2.05, 4.69) is 156 Å². The predicted octanol–water partition coefficient (Wildman–Crippen LogP) is 11.9. The molecule has 0 atom stereocenters. The highest BCUT2D eigenvalue weighted by Crippen LogP contribution is 2.51. The predicted molar refractivity (Wildman–Crippen MR) is 219 cm³/mol.